The molecule has 1 aliphatic rings. The number of alkyl halides is 3. The minimum Gasteiger partial charge on any atom is -0.383 e. The molecule has 1 saturated heterocycles. The van der Waals surface area contributed by atoms with E-state index in [0.717, 1.165) is 0 Å². The van der Waals surface area contributed by atoms with Gasteiger partial charge < -0.3 is 10.0 Å². The Bertz CT molecular complexity index is 516. The van der Waals surface area contributed by atoms with Gasteiger partial charge >= 0.3 is 6.18 Å². The first-order valence-corrected chi connectivity index (χ1v) is 6.83. The lowest BCUT2D eigenvalue weighted by atomic mass is 9.90. The predicted octanol–water partition coefficient (Wildman–Crippen LogP) is 2.51. The van der Waals surface area contributed by atoms with Crippen LogP contribution in [0.4, 0.5) is 13.2 Å². The van der Waals surface area contributed by atoms with Gasteiger partial charge in [0.15, 0.2) is 6.10 Å². The van der Waals surface area contributed by atoms with Gasteiger partial charge in [-0.05, 0) is 30.9 Å². The number of aliphatic hydroxyl groups excluding tert-OH is 1. The van der Waals surface area contributed by atoms with Crippen LogP contribution in [0.3, 0.4) is 0 Å². The zero-order valence-electron chi connectivity index (χ0n) is 11.0. The van der Waals surface area contributed by atoms with Crippen molar-refractivity contribution in [2.45, 2.75) is 25.1 Å². The second kappa shape index (κ2) is 6.19. The van der Waals surface area contributed by atoms with Crippen LogP contribution in [-0.2, 0) is 0 Å². The van der Waals surface area contributed by atoms with Gasteiger partial charge in [-0.2, -0.15) is 13.2 Å². The molecular weight excluding hydrogens is 309 g/mol. The maximum Gasteiger partial charge on any atom is 0.414 e. The molecule has 1 N–H and O–H groups in total. The highest BCUT2D eigenvalue weighted by molar-refractivity contribution is 6.32. The molecule has 0 spiro atoms. The van der Waals surface area contributed by atoms with Crippen LogP contribution in [0.25, 0.3) is 0 Å². The number of carbonyl (C=O) groups excluding carboxylic acids is 1. The molecule has 0 radical (unpaired) electrons. The Hall–Kier alpha value is -1.34. The molecule has 1 amide bonds. The fraction of sp³-hybridized carbons (Fsp3) is 0.538. The highest BCUT2D eigenvalue weighted by atomic mass is 35.5. The van der Waals surface area contributed by atoms with E-state index in [9.17, 15) is 23.1 Å². The number of carbonyl (C=O) groups is 1. The van der Waals surface area contributed by atoms with E-state index in [0.29, 0.717) is 0 Å². The quantitative estimate of drug-likeness (QED) is 0.851. The molecule has 1 aliphatic heterocycles. The molecule has 8 heteroatoms. The van der Waals surface area contributed by atoms with Crippen molar-refractivity contribution in [1.29, 1.82) is 0 Å². The largest absolute Gasteiger partial charge is 0.414 e. The summed E-state index contributed by atoms with van der Waals surface area (Å²) in [6, 6.07) is 3.09. The van der Waals surface area contributed by atoms with Crippen LogP contribution < -0.4 is 0 Å². The van der Waals surface area contributed by atoms with Crippen LogP contribution in [-0.4, -0.2) is 46.3 Å². The van der Waals surface area contributed by atoms with Crippen LogP contribution in [0.1, 0.15) is 23.2 Å². The first kappa shape index (κ1) is 16.0. The average Bonchev–Trinajstić information content (AvgIpc) is 2.45. The number of hydrogen-bond acceptors (Lipinski definition) is 3. The molecule has 1 fully saturated rings. The lowest BCUT2D eigenvalue weighted by molar-refractivity contribution is -0.222. The number of piperidine rings is 1. The molecule has 0 bridgehead atoms. The number of likely N-dealkylation sites (tertiary alicyclic amines) is 1. The number of amides is 1. The SMILES string of the molecule is O=C(c1cccnc1Cl)N1CCC(C(O)C(F)(F)F)CC1. The summed E-state index contributed by atoms with van der Waals surface area (Å²) < 4.78 is 37.4. The Balaban J connectivity index is 1.98. The summed E-state index contributed by atoms with van der Waals surface area (Å²) in [6.07, 6.45) is -5.31. The summed E-state index contributed by atoms with van der Waals surface area (Å²) in [5, 5.41) is 9.31. The topological polar surface area (TPSA) is 53.4 Å². The number of nitrogens with zero attached hydrogens (tertiary/aromatic N) is 2. The molecule has 1 aromatic rings. The standard InChI is InChI=1S/C13H14ClF3N2O2/c14-11-9(2-1-5-18-11)12(21)19-6-3-8(4-7-19)10(20)13(15,16)17/h1-2,5,8,10,20H,3-4,6-7H2. The van der Waals surface area contributed by atoms with Gasteiger partial charge in [0.1, 0.15) is 5.15 Å². The van der Waals surface area contributed by atoms with Gasteiger partial charge in [0, 0.05) is 19.3 Å². The van der Waals surface area contributed by atoms with Crippen LogP contribution in [0.5, 0.6) is 0 Å². The van der Waals surface area contributed by atoms with E-state index in [1.807, 2.05) is 0 Å². The van der Waals surface area contributed by atoms with E-state index in [1.165, 1.54) is 17.2 Å². The molecule has 1 aromatic heterocycles. The predicted molar refractivity (Wildman–Crippen MR) is 69.9 cm³/mol. The molecule has 0 aliphatic carbocycles. The van der Waals surface area contributed by atoms with Gasteiger partial charge in [0.25, 0.3) is 5.91 Å². The fourth-order valence-electron chi connectivity index (χ4n) is 2.40. The van der Waals surface area contributed by atoms with Gasteiger partial charge in [0.2, 0.25) is 0 Å². The van der Waals surface area contributed by atoms with E-state index in [4.69, 9.17) is 11.6 Å². The van der Waals surface area contributed by atoms with E-state index in [-0.39, 0.29) is 42.6 Å². The highest BCUT2D eigenvalue weighted by Gasteiger charge is 2.44. The van der Waals surface area contributed by atoms with Crippen LogP contribution in [0.15, 0.2) is 18.3 Å². The average molecular weight is 323 g/mol. The fourth-order valence-corrected chi connectivity index (χ4v) is 2.60. The molecule has 1 unspecified atom stereocenters. The molecule has 21 heavy (non-hydrogen) atoms. The van der Waals surface area contributed by atoms with Gasteiger partial charge in [-0.3, -0.25) is 4.79 Å². The maximum atomic E-state index is 12.5. The Morgan fingerprint density at radius 1 is 1.43 bits per heavy atom. The minimum absolute atomic E-state index is 0.0694. The molecule has 116 valence electrons. The van der Waals surface area contributed by atoms with Crippen molar-refractivity contribution in [1.82, 2.24) is 9.88 Å². The second-order valence-electron chi connectivity index (χ2n) is 4.96. The third kappa shape index (κ3) is 3.65. The Labute approximate surface area is 124 Å². The summed E-state index contributed by atoms with van der Waals surface area (Å²) in [5.41, 5.74) is 0.231. The van der Waals surface area contributed by atoms with E-state index in [2.05, 4.69) is 4.98 Å². The van der Waals surface area contributed by atoms with Crippen molar-refractivity contribution in [2.24, 2.45) is 5.92 Å². The summed E-state index contributed by atoms with van der Waals surface area (Å²) in [6.45, 7) is 0.309. The monoisotopic (exact) mass is 322 g/mol. The first-order chi connectivity index (χ1) is 9.80. The summed E-state index contributed by atoms with van der Waals surface area (Å²) >= 11 is 5.83. The van der Waals surface area contributed by atoms with Crippen molar-refractivity contribution in [2.75, 3.05) is 13.1 Å². The number of hydrogen-bond donors (Lipinski definition) is 1. The van der Waals surface area contributed by atoms with E-state index < -0.39 is 18.2 Å². The van der Waals surface area contributed by atoms with Gasteiger partial charge in [0.05, 0.1) is 5.56 Å². The van der Waals surface area contributed by atoms with Gasteiger partial charge in [-0.1, -0.05) is 11.6 Å². The Morgan fingerprint density at radius 3 is 2.57 bits per heavy atom. The van der Waals surface area contributed by atoms with Crippen molar-refractivity contribution in [3.05, 3.63) is 29.0 Å². The molecule has 4 nitrogen and oxygen atoms in total. The van der Waals surface area contributed by atoms with Crippen molar-refractivity contribution in [3.63, 3.8) is 0 Å². The van der Waals surface area contributed by atoms with E-state index in [1.54, 1.807) is 6.07 Å². The molecule has 2 rings (SSSR count). The van der Waals surface area contributed by atoms with Crippen LogP contribution in [0, 0.1) is 5.92 Å². The number of pyridine rings is 1. The molecule has 0 saturated carbocycles. The first-order valence-electron chi connectivity index (χ1n) is 6.45. The van der Waals surface area contributed by atoms with Gasteiger partial charge in [-0.15, -0.1) is 0 Å². The molecule has 1 atom stereocenters. The highest BCUT2D eigenvalue weighted by Crippen LogP contribution is 2.32. The number of aliphatic hydroxyl groups is 1. The normalized spacial score (nSPS) is 18.6. The third-order valence-electron chi connectivity index (χ3n) is 3.60. The van der Waals surface area contributed by atoms with Crippen LogP contribution >= 0.6 is 11.6 Å². The maximum absolute atomic E-state index is 12.5. The molecule has 2 heterocycles. The summed E-state index contributed by atoms with van der Waals surface area (Å²) in [7, 11) is 0. The van der Waals surface area contributed by atoms with Gasteiger partial charge in [-0.25, -0.2) is 4.98 Å². The van der Waals surface area contributed by atoms with Crippen molar-refractivity contribution >= 4 is 17.5 Å². The van der Waals surface area contributed by atoms with Crippen molar-refractivity contribution in [3.8, 4) is 0 Å². The Morgan fingerprint density at radius 2 is 2.05 bits per heavy atom. The Kier molecular flexibility index (Phi) is 4.73. The summed E-state index contributed by atoms with van der Waals surface area (Å²) in [4.78, 5) is 17.4. The van der Waals surface area contributed by atoms with E-state index >= 15 is 0 Å². The number of aromatic nitrogens is 1. The second-order valence-corrected chi connectivity index (χ2v) is 5.32. The lowest BCUT2D eigenvalue weighted by Crippen LogP contribution is -2.45. The third-order valence-corrected chi connectivity index (χ3v) is 3.90. The molecule has 0 aromatic carbocycles. The lowest BCUT2D eigenvalue weighted by Gasteiger charge is -2.34. The summed E-state index contributed by atoms with van der Waals surface area (Å²) in [5.74, 6) is -1.23. The minimum atomic E-state index is -4.62. The zero-order valence-corrected chi connectivity index (χ0v) is 11.7. The number of halogens is 4. The zero-order chi connectivity index (χ0) is 15.6. The van der Waals surface area contributed by atoms with Crippen LogP contribution in [0.2, 0.25) is 5.15 Å². The number of rotatable bonds is 2. The smallest absolute Gasteiger partial charge is 0.383 e. The molecular formula is C13H14ClF3N2O2. The van der Waals surface area contributed by atoms with Crippen molar-refractivity contribution < 1.29 is 23.1 Å².